The van der Waals surface area contributed by atoms with Gasteiger partial charge in [0.05, 0.1) is 11.3 Å². The second-order valence-corrected chi connectivity index (χ2v) is 6.98. The van der Waals surface area contributed by atoms with Crippen molar-refractivity contribution in [2.45, 2.75) is 27.2 Å². The van der Waals surface area contributed by atoms with E-state index >= 15 is 0 Å². The van der Waals surface area contributed by atoms with Gasteiger partial charge in [-0.15, -0.1) is 0 Å². The van der Waals surface area contributed by atoms with Crippen LogP contribution in [0.2, 0.25) is 0 Å². The molecular weight excluding hydrogens is 372 g/mol. The number of aromatic nitrogens is 2. The molecule has 126 valence electrons. The van der Waals surface area contributed by atoms with Gasteiger partial charge < -0.3 is 16.6 Å². The molecule has 6 nitrogen and oxygen atoms in total. The fourth-order valence-corrected chi connectivity index (χ4v) is 3.55. The fraction of sp³-hybridized carbons (Fsp3) is 0.294. The molecule has 7 heteroatoms. The molecule has 1 aliphatic rings. The van der Waals surface area contributed by atoms with Crippen LogP contribution in [0.1, 0.15) is 36.3 Å². The van der Waals surface area contributed by atoms with Gasteiger partial charge in [-0.05, 0) is 48.3 Å². The van der Waals surface area contributed by atoms with Crippen molar-refractivity contribution in [3.8, 4) is 0 Å². The van der Waals surface area contributed by atoms with Crippen LogP contribution in [0.3, 0.4) is 0 Å². The topological polar surface area (TPSA) is 107 Å². The zero-order valence-electron chi connectivity index (χ0n) is 13.7. The predicted octanol–water partition coefficient (Wildman–Crippen LogP) is 3.50. The number of hydrogen-bond donors (Lipinski definition) is 3. The van der Waals surface area contributed by atoms with Gasteiger partial charge in [-0.2, -0.15) is 0 Å². The van der Waals surface area contributed by atoms with Gasteiger partial charge in [-0.3, -0.25) is 9.36 Å². The summed E-state index contributed by atoms with van der Waals surface area (Å²) in [6, 6.07) is 1.81. The monoisotopic (exact) mass is 390 g/mol. The lowest BCUT2D eigenvalue weighted by atomic mass is 9.93. The van der Waals surface area contributed by atoms with Crippen molar-refractivity contribution in [1.82, 2.24) is 9.55 Å². The molecule has 0 saturated carbocycles. The minimum absolute atomic E-state index is 0.116. The molecule has 1 amide bonds. The minimum atomic E-state index is -0.602. The predicted molar refractivity (Wildman–Crippen MR) is 98.5 cm³/mol. The lowest BCUT2D eigenvalue weighted by Crippen LogP contribution is -2.17. The Morgan fingerprint density at radius 1 is 1.46 bits per heavy atom. The average Bonchev–Trinajstić information content (AvgIpc) is 2.77. The van der Waals surface area contributed by atoms with Gasteiger partial charge in [-0.1, -0.05) is 6.92 Å². The summed E-state index contributed by atoms with van der Waals surface area (Å²) in [6.45, 7) is 5.74. The standard InChI is InChI=1S/C17H19BrN4O2/c1-7-4-5-12(23)8(2)14(7)22-15(19)13(16(20)24)10-6-11(18)9(3)21-17(10)22/h5-7,23H,4,19H2,1-3H3,(H2,20,24)/t7-/m1/s1. The number of nitrogen functional groups attached to an aromatic ring is 1. The Labute approximate surface area is 148 Å². The molecule has 2 aromatic heterocycles. The van der Waals surface area contributed by atoms with E-state index in [1.165, 1.54) is 0 Å². The highest BCUT2D eigenvalue weighted by molar-refractivity contribution is 9.10. The molecular formula is C17H19BrN4O2. The Morgan fingerprint density at radius 3 is 2.75 bits per heavy atom. The maximum Gasteiger partial charge on any atom is 0.253 e. The van der Waals surface area contributed by atoms with Crippen molar-refractivity contribution in [2.24, 2.45) is 11.7 Å². The number of nitrogens with zero attached hydrogens (tertiary/aromatic N) is 2. The molecule has 3 rings (SSSR count). The average molecular weight is 391 g/mol. The Hall–Kier alpha value is -2.28. The molecule has 0 spiro atoms. The van der Waals surface area contributed by atoms with Crippen LogP contribution < -0.4 is 11.5 Å². The zero-order chi connectivity index (χ0) is 17.8. The van der Waals surface area contributed by atoms with E-state index in [2.05, 4.69) is 20.9 Å². The minimum Gasteiger partial charge on any atom is -0.508 e. The van der Waals surface area contributed by atoms with Crippen LogP contribution in [0.5, 0.6) is 0 Å². The normalized spacial score (nSPS) is 18.2. The molecule has 2 heterocycles. The first-order chi connectivity index (χ1) is 11.2. The van der Waals surface area contributed by atoms with E-state index in [-0.39, 0.29) is 23.1 Å². The number of anilines is 1. The second-order valence-electron chi connectivity index (χ2n) is 6.12. The van der Waals surface area contributed by atoms with Gasteiger partial charge in [0.2, 0.25) is 0 Å². The van der Waals surface area contributed by atoms with E-state index < -0.39 is 5.91 Å². The molecule has 0 saturated heterocycles. The number of allylic oxidation sites excluding steroid dienone is 3. The first-order valence-corrected chi connectivity index (χ1v) is 8.40. The lowest BCUT2D eigenvalue weighted by molar-refractivity contribution is 0.100. The third kappa shape index (κ3) is 2.31. The number of primary amides is 1. The van der Waals surface area contributed by atoms with E-state index in [0.29, 0.717) is 17.5 Å². The number of pyridine rings is 1. The summed E-state index contributed by atoms with van der Waals surface area (Å²) in [4.78, 5) is 16.6. The van der Waals surface area contributed by atoms with Crippen LogP contribution in [0.4, 0.5) is 5.82 Å². The number of carbonyl (C=O) groups excluding carboxylic acids is 1. The third-order valence-electron chi connectivity index (χ3n) is 4.50. The molecule has 0 fully saturated rings. The molecule has 5 N–H and O–H groups in total. The van der Waals surface area contributed by atoms with E-state index in [9.17, 15) is 9.90 Å². The van der Waals surface area contributed by atoms with Crippen LogP contribution in [-0.2, 0) is 0 Å². The summed E-state index contributed by atoms with van der Waals surface area (Å²) >= 11 is 3.44. The molecule has 2 aromatic rings. The zero-order valence-corrected chi connectivity index (χ0v) is 15.3. The molecule has 0 aliphatic heterocycles. The van der Waals surface area contributed by atoms with Crippen molar-refractivity contribution in [1.29, 1.82) is 0 Å². The summed E-state index contributed by atoms with van der Waals surface area (Å²) < 4.78 is 2.53. The second kappa shape index (κ2) is 5.66. The largest absolute Gasteiger partial charge is 0.508 e. The number of fused-ring (bicyclic) bond motifs is 1. The first-order valence-electron chi connectivity index (χ1n) is 7.61. The summed E-state index contributed by atoms with van der Waals surface area (Å²) in [5.41, 5.74) is 15.0. The van der Waals surface area contributed by atoms with Crippen molar-refractivity contribution < 1.29 is 9.90 Å². The van der Waals surface area contributed by atoms with Gasteiger partial charge >= 0.3 is 0 Å². The van der Waals surface area contributed by atoms with E-state index in [4.69, 9.17) is 11.5 Å². The number of carbonyl (C=O) groups is 1. The van der Waals surface area contributed by atoms with Crippen LogP contribution in [0, 0.1) is 12.8 Å². The quantitative estimate of drug-likeness (QED) is 0.728. The first kappa shape index (κ1) is 16.6. The maximum absolute atomic E-state index is 12.0. The highest BCUT2D eigenvalue weighted by Crippen LogP contribution is 2.39. The Balaban J connectivity index is 2.47. The Kier molecular flexibility index (Phi) is 3.91. The molecule has 0 bridgehead atoms. The van der Waals surface area contributed by atoms with Gasteiger partial charge in [0.25, 0.3) is 5.91 Å². The van der Waals surface area contributed by atoms with Crippen LogP contribution in [0.15, 0.2) is 27.9 Å². The number of rotatable bonds is 2. The summed E-state index contributed by atoms with van der Waals surface area (Å²) in [7, 11) is 0. The van der Waals surface area contributed by atoms with Gasteiger partial charge in [0.15, 0.2) is 0 Å². The Bertz CT molecular complexity index is 940. The molecule has 24 heavy (non-hydrogen) atoms. The number of aryl methyl sites for hydroxylation is 1. The van der Waals surface area contributed by atoms with Crippen LogP contribution >= 0.6 is 15.9 Å². The van der Waals surface area contributed by atoms with Crippen molar-refractivity contribution in [3.63, 3.8) is 0 Å². The number of aliphatic hydroxyl groups is 1. The molecule has 0 aromatic carbocycles. The molecule has 1 atom stereocenters. The number of hydrogen-bond acceptors (Lipinski definition) is 4. The van der Waals surface area contributed by atoms with Gasteiger partial charge in [0, 0.05) is 27.0 Å². The number of nitrogens with two attached hydrogens (primary N) is 2. The molecule has 0 unspecified atom stereocenters. The van der Waals surface area contributed by atoms with E-state index in [1.54, 1.807) is 10.6 Å². The van der Waals surface area contributed by atoms with Crippen molar-refractivity contribution in [3.05, 3.63) is 39.2 Å². The number of amides is 1. The Morgan fingerprint density at radius 2 is 2.12 bits per heavy atom. The van der Waals surface area contributed by atoms with Gasteiger partial charge in [-0.25, -0.2) is 4.98 Å². The van der Waals surface area contributed by atoms with Crippen molar-refractivity contribution in [2.75, 3.05) is 5.73 Å². The van der Waals surface area contributed by atoms with Crippen molar-refractivity contribution >= 4 is 44.4 Å². The summed E-state index contributed by atoms with van der Waals surface area (Å²) in [5.74, 6) is -0.0160. The lowest BCUT2D eigenvalue weighted by Gasteiger charge is -2.25. The third-order valence-corrected chi connectivity index (χ3v) is 5.30. The van der Waals surface area contributed by atoms with E-state index in [0.717, 1.165) is 21.4 Å². The van der Waals surface area contributed by atoms with Gasteiger partial charge in [0.1, 0.15) is 17.2 Å². The SMILES string of the molecule is CC1=C(n2c(N)c(C(N)=O)c3cc(Br)c(C)nc32)[C@H](C)CC=C1O. The molecule has 0 radical (unpaired) electrons. The van der Waals surface area contributed by atoms with E-state index in [1.807, 2.05) is 26.8 Å². The van der Waals surface area contributed by atoms with Crippen LogP contribution in [0.25, 0.3) is 16.7 Å². The fourth-order valence-electron chi connectivity index (χ4n) is 3.23. The highest BCUT2D eigenvalue weighted by atomic mass is 79.9. The maximum atomic E-state index is 12.0. The highest BCUT2D eigenvalue weighted by Gasteiger charge is 2.28. The number of halogens is 1. The van der Waals surface area contributed by atoms with Crippen LogP contribution in [-0.4, -0.2) is 20.6 Å². The summed E-state index contributed by atoms with van der Waals surface area (Å²) in [6.07, 6.45) is 2.47. The number of aliphatic hydroxyl groups excluding tert-OH is 1. The smallest absolute Gasteiger partial charge is 0.253 e. The summed E-state index contributed by atoms with van der Waals surface area (Å²) in [5, 5.41) is 10.7. The molecule has 1 aliphatic carbocycles.